The van der Waals surface area contributed by atoms with Crippen LogP contribution in [0.15, 0.2) is 28.7 Å². The quantitative estimate of drug-likeness (QED) is 0.915. The maximum Gasteiger partial charge on any atom is 0.253 e. The summed E-state index contributed by atoms with van der Waals surface area (Å²) >= 11 is 3.38. The third kappa shape index (κ3) is 4.30. The summed E-state index contributed by atoms with van der Waals surface area (Å²) in [7, 11) is 0. The van der Waals surface area contributed by atoms with Crippen LogP contribution in [0.4, 0.5) is 0 Å². The van der Waals surface area contributed by atoms with Gasteiger partial charge in [0.05, 0.1) is 0 Å². The number of carbonyl (C=O) groups is 1. The molecule has 1 aliphatic heterocycles. The molecule has 1 heterocycles. The monoisotopic (exact) mass is 339 g/mol. The van der Waals surface area contributed by atoms with E-state index in [1.807, 2.05) is 43.0 Å². The Bertz CT molecular complexity index is 459. The zero-order valence-electron chi connectivity index (χ0n) is 12.1. The van der Waals surface area contributed by atoms with Gasteiger partial charge < -0.3 is 10.6 Å². The number of rotatable bonds is 3. The van der Waals surface area contributed by atoms with E-state index < -0.39 is 0 Å². The van der Waals surface area contributed by atoms with E-state index in [2.05, 4.69) is 20.8 Å². The Morgan fingerprint density at radius 1 is 1.20 bits per heavy atom. The van der Waals surface area contributed by atoms with Crippen LogP contribution in [-0.4, -0.2) is 54.0 Å². The molecule has 0 bridgehead atoms. The first-order valence-corrected chi connectivity index (χ1v) is 7.70. The van der Waals surface area contributed by atoms with Crippen molar-refractivity contribution in [2.75, 3.05) is 32.7 Å². The predicted molar refractivity (Wildman–Crippen MR) is 84.8 cm³/mol. The van der Waals surface area contributed by atoms with Gasteiger partial charge in [-0.1, -0.05) is 15.9 Å². The van der Waals surface area contributed by atoms with E-state index in [9.17, 15) is 4.79 Å². The van der Waals surface area contributed by atoms with Crippen molar-refractivity contribution in [2.45, 2.75) is 19.4 Å². The van der Waals surface area contributed by atoms with Crippen LogP contribution in [-0.2, 0) is 0 Å². The van der Waals surface area contributed by atoms with Gasteiger partial charge in [-0.25, -0.2) is 0 Å². The zero-order valence-corrected chi connectivity index (χ0v) is 13.7. The molecule has 4 nitrogen and oxygen atoms in total. The number of benzene rings is 1. The van der Waals surface area contributed by atoms with Gasteiger partial charge in [0.15, 0.2) is 0 Å². The van der Waals surface area contributed by atoms with Crippen molar-refractivity contribution in [1.29, 1.82) is 0 Å². The lowest BCUT2D eigenvalue weighted by molar-refractivity contribution is 0.0616. The third-order valence-corrected chi connectivity index (χ3v) is 3.91. The normalized spacial score (nSPS) is 17.3. The molecule has 1 aromatic rings. The average Bonchev–Trinajstić information content (AvgIpc) is 2.38. The van der Waals surface area contributed by atoms with E-state index >= 15 is 0 Å². The smallest absolute Gasteiger partial charge is 0.253 e. The molecule has 0 aromatic heterocycles. The number of nitrogens with zero attached hydrogens (tertiary/aromatic N) is 2. The van der Waals surface area contributed by atoms with Crippen LogP contribution in [0.25, 0.3) is 0 Å². The summed E-state index contributed by atoms with van der Waals surface area (Å²) in [6, 6.07) is 7.53. The predicted octanol–water partition coefficient (Wildman–Crippen LogP) is 1.94. The van der Waals surface area contributed by atoms with E-state index in [0.717, 1.165) is 42.8 Å². The molecule has 5 heteroatoms. The molecule has 110 valence electrons. The Kier molecular flexibility index (Phi) is 4.83. The summed E-state index contributed by atoms with van der Waals surface area (Å²) in [5.41, 5.74) is 6.61. The molecule has 20 heavy (non-hydrogen) atoms. The minimum absolute atomic E-state index is 0.115. The highest BCUT2D eigenvalue weighted by atomic mass is 79.9. The highest BCUT2D eigenvalue weighted by Gasteiger charge is 2.24. The van der Waals surface area contributed by atoms with Crippen LogP contribution in [0.3, 0.4) is 0 Å². The number of nitrogens with two attached hydrogens (primary N) is 1. The Balaban J connectivity index is 1.90. The van der Waals surface area contributed by atoms with Gasteiger partial charge in [0.25, 0.3) is 5.91 Å². The second kappa shape index (κ2) is 6.24. The fraction of sp³-hybridized carbons (Fsp3) is 0.533. The summed E-state index contributed by atoms with van der Waals surface area (Å²) in [6.07, 6.45) is 0. The minimum atomic E-state index is -0.183. The van der Waals surface area contributed by atoms with Gasteiger partial charge in [0.1, 0.15) is 0 Å². The van der Waals surface area contributed by atoms with Gasteiger partial charge in [0.2, 0.25) is 0 Å². The molecule has 1 aliphatic rings. The van der Waals surface area contributed by atoms with E-state index in [1.54, 1.807) is 0 Å². The molecular formula is C15H22BrN3O. The molecule has 1 amide bonds. The van der Waals surface area contributed by atoms with Gasteiger partial charge in [-0.15, -0.1) is 0 Å². The molecule has 0 radical (unpaired) electrons. The zero-order chi connectivity index (χ0) is 14.8. The number of amides is 1. The number of hydrogen-bond acceptors (Lipinski definition) is 3. The van der Waals surface area contributed by atoms with E-state index in [1.165, 1.54) is 0 Å². The van der Waals surface area contributed by atoms with E-state index in [-0.39, 0.29) is 11.4 Å². The lowest BCUT2D eigenvalue weighted by Gasteiger charge is -2.37. The van der Waals surface area contributed by atoms with Crippen LogP contribution >= 0.6 is 15.9 Å². The summed E-state index contributed by atoms with van der Waals surface area (Å²) in [6.45, 7) is 8.26. The Morgan fingerprint density at radius 2 is 1.75 bits per heavy atom. The molecule has 0 saturated carbocycles. The van der Waals surface area contributed by atoms with Gasteiger partial charge >= 0.3 is 0 Å². The van der Waals surface area contributed by atoms with Crippen molar-refractivity contribution < 1.29 is 4.79 Å². The second-order valence-electron chi connectivity index (χ2n) is 6.06. The molecular weight excluding hydrogens is 318 g/mol. The second-order valence-corrected chi connectivity index (χ2v) is 6.98. The van der Waals surface area contributed by atoms with Crippen LogP contribution in [0.5, 0.6) is 0 Å². The molecule has 1 fully saturated rings. The van der Waals surface area contributed by atoms with Crippen molar-refractivity contribution in [2.24, 2.45) is 5.73 Å². The Labute approximate surface area is 129 Å². The highest BCUT2D eigenvalue weighted by Crippen LogP contribution is 2.14. The van der Waals surface area contributed by atoms with Crippen molar-refractivity contribution in [3.63, 3.8) is 0 Å². The highest BCUT2D eigenvalue weighted by molar-refractivity contribution is 9.10. The third-order valence-electron chi connectivity index (χ3n) is 3.38. The number of hydrogen-bond donors (Lipinski definition) is 1. The van der Waals surface area contributed by atoms with Crippen LogP contribution in [0.1, 0.15) is 24.2 Å². The summed E-state index contributed by atoms with van der Waals surface area (Å²) in [5.74, 6) is 0.115. The first-order valence-electron chi connectivity index (χ1n) is 6.91. The molecule has 0 spiro atoms. The molecule has 1 aromatic carbocycles. The Hall–Kier alpha value is -0.910. The summed E-state index contributed by atoms with van der Waals surface area (Å²) in [5, 5.41) is 0. The largest absolute Gasteiger partial charge is 0.336 e. The molecule has 0 unspecified atom stereocenters. The number of halogens is 1. The Morgan fingerprint density at radius 3 is 2.25 bits per heavy atom. The topological polar surface area (TPSA) is 49.6 Å². The molecule has 0 atom stereocenters. The van der Waals surface area contributed by atoms with Crippen molar-refractivity contribution >= 4 is 21.8 Å². The van der Waals surface area contributed by atoms with Crippen molar-refractivity contribution in [3.05, 3.63) is 34.3 Å². The molecule has 1 saturated heterocycles. The van der Waals surface area contributed by atoms with Gasteiger partial charge in [-0.3, -0.25) is 9.69 Å². The molecule has 2 N–H and O–H groups in total. The van der Waals surface area contributed by atoms with Crippen molar-refractivity contribution in [3.8, 4) is 0 Å². The maximum absolute atomic E-state index is 12.4. The standard InChI is InChI=1S/C15H22BrN3O/c1-15(2,17)11-18-7-9-19(10-8-18)14(20)12-3-5-13(16)6-4-12/h3-6H,7-11,17H2,1-2H3. The first kappa shape index (κ1) is 15.5. The summed E-state index contributed by atoms with van der Waals surface area (Å²) < 4.78 is 0.990. The fourth-order valence-electron chi connectivity index (χ4n) is 2.46. The maximum atomic E-state index is 12.4. The lowest BCUT2D eigenvalue weighted by Crippen LogP contribution is -2.54. The minimum Gasteiger partial charge on any atom is -0.336 e. The lowest BCUT2D eigenvalue weighted by atomic mass is 10.1. The van der Waals surface area contributed by atoms with Crippen LogP contribution < -0.4 is 5.73 Å². The van der Waals surface area contributed by atoms with Gasteiger partial charge in [-0.2, -0.15) is 0 Å². The van der Waals surface area contributed by atoms with Gasteiger partial charge in [0, 0.05) is 48.3 Å². The van der Waals surface area contributed by atoms with Crippen LogP contribution in [0, 0.1) is 0 Å². The molecule has 0 aliphatic carbocycles. The average molecular weight is 340 g/mol. The number of carbonyl (C=O) groups excluding carboxylic acids is 1. The fourth-order valence-corrected chi connectivity index (χ4v) is 2.72. The first-order chi connectivity index (χ1) is 9.35. The van der Waals surface area contributed by atoms with Crippen LogP contribution in [0.2, 0.25) is 0 Å². The van der Waals surface area contributed by atoms with E-state index in [0.29, 0.717) is 0 Å². The van der Waals surface area contributed by atoms with E-state index in [4.69, 9.17) is 5.73 Å². The number of piperazine rings is 1. The SMILES string of the molecule is CC(C)(N)CN1CCN(C(=O)c2ccc(Br)cc2)CC1. The van der Waals surface area contributed by atoms with Gasteiger partial charge in [-0.05, 0) is 38.1 Å². The summed E-state index contributed by atoms with van der Waals surface area (Å²) in [4.78, 5) is 16.6. The molecule has 2 rings (SSSR count). The van der Waals surface area contributed by atoms with Crippen molar-refractivity contribution in [1.82, 2.24) is 9.80 Å².